The van der Waals surface area contributed by atoms with Gasteiger partial charge in [0.1, 0.15) is 5.56 Å². The molecule has 1 aliphatic rings. The van der Waals surface area contributed by atoms with E-state index >= 15 is 0 Å². The summed E-state index contributed by atoms with van der Waals surface area (Å²) >= 11 is 0. The molecule has 2 aromatic rings. The number of anilines is 1. The highest BCUT2D eigenvalue weighted by Gasteiger charge is 2.25. The van der Waals surface area contributed by atoms with Gasteiger partial charge in [-0.25, -0.2) is 4.79 Å². The van der Waals surface area contributed by atoms with Crippen molar-refractivity contribution in [2.75, 3.05) is 44.2 Å². The highest BCUT2D eigenvalue weighted by molar-refractivity contribution is 6.05. The smallest absolute Gasteiger partial charge is 0.341 e. The van der Waals surface area contributed by atoms with Crippen LogP contribution in [0, 0.1) is 19.3 Å². The molecule has 0 N–H and O–H groups in total. The van der Waals surface area contributed by atoms with Crippen LogP contribution < -0.4 is 4.90 Å². The fourth-order valence-electron chi connectivity index (χ4n) is 3.47. The number of esters is 1. The topological polar surface area (TPSA) is 45.7 Å². The van der Waals surface area contributed by atoms with Crippen molar-refractivity contribution >= 4 is 22.6 Å². The molecule has 0 amide bonds. The second kappa shape index (κ2) is 8.20. The van der Waals surface area contributed by atoms with Crippen molar-refractivity contribution in [1.29, 1.82) is 0 Å². The summed E-state index contributed by atoms with van der Waals surface area (Å²) in [6.07, 6.45) is 7.81. The van der Waals surface area contributed by atoms with E-state index < -0.39 is 0 Å². The molecule has 1 saturated heterocycles. The second-order valence-electron chi connectivity index (χ2n) is 6.49. The molecule has 0 radical (unpaired) electrons. The number of benzene rings is 1. The lowest BCUT2D eigenvalue weighted by Crippen LogP contribution is -2.47. The van der Waals surface area contributed by atoms with E-state index in [1.54, 1.807) is 6.20 Å². The van der Waals surface area contributed by atoms with Gasteiger partial charge in [-0.2, -0.15) is 0 Å². The average molecular weight is 351 g/mol. The molecule has 0 saturated carbocycles. The summed E-state index contributed by atoms with van der Waals surface area (Å²) < 4.78 is 5.27. The Morgan fingerprint density at radius 1 is 1.31 bits per heavy atom. The normalized spacial score (nSPS) is 15.0. The van der Waals surface area contributed by atoms with Gasteiger partial charge in [0.15, 0.2) is 0 Å². The van der Waals surface area contributed by atoms with Gasteiger partial charge in [0.05, 0.1) is 17.8 Å². The zero-order chi connectivity index (χ0) is 18.5. The Balaban J connectivity index is 1.97. The maximum atomic E-state index is 12.5. The van der Waals surface area contributed by atoms with Crippen molar-refractivity contribution in [3.63, 3.8) is 0 Å². The number of aromatic nitrogens is 1. The number of ether oxygens (including phenoxy) is 1. The maximum absolute atomic E-state index is 12.5. The van der Waals surface area contributed by atoms with Crippen LogP contribution in [-0.2, 0) is 4.74 Å². The minimum Gasteiger partial charge on any atom is -0.462 e. The van der Waals surface area contributed by atoms with Crippen LogP contribution in [0.1, 0.15) is 29.3 Å². The Hall–Kier alpha value is -2.58. The lowest BCUT2D eigenvalue weighted by atomic mass is 10.0. The summed E-state index contributed by atoms with van der Waals surface area (Å²) in [5.41, 5.74) is 3.52. The van der Waals surface area contributed by atoms with Crippen molar-refractivity contribution in [2.24, 2.45) is 0 Å². The fraction of sp³-hybridized carbons (Fsp3) is 0.429. The van der Waals surface area contributed by atoms with Gasteiger partial charge < -0.3 is 9.64 Å². The van der Waals surface area contributed by atoms with Gasteiger partial charge in [0.25, 0.3) is 0 Å². The van der Waals surface area contributed by atoms with E-state index in [-0.39, 0.29) is 5.97 Å². The Morgan fingerprint density at radius 2 is 2.08 bits per heavy atom. The molecule has 0 unspecified atom stereocenters. The lowest BCUT2D eigenvalue weighted by molar-refractivity contribution is 0.0526. The number of carbonyl (C=O) groups excluding carboxylic acids is 1. The third kappa shape index (κ3) is 3.66. The van der Waals surface area contributed by atoms with Crippen LogP contribution in [0.25, 0.3) is 10.9 Å². The summed E-state index contributed by atoms with van der Waals surface area (Å²) in [4.78, 5) is 21.7. The quantitative estimate of drug-likeness (QED) is 0.612. The first kappa shape index (κ1) is 18.2. The van der Waals surface area contributed by atoms with Gasteiger partial charge in [0, 0.05) is 50.7 Å². The molecule has 5 nitrogen and oxygen atoms in total. The van der Waals surface area contributed by atoms with Crippen molar-refractivity contribution in [3.05, 3.63) is 35.5 Å². The van der Waals surface area contributed by atoms with E-state index in [2.05, 4.69) is 20.7 Å². The predicted molar refractivity (Wildman–Crippen MR) is 105 cm³/mol. The highest BCUT2D eigenvalue weighted by atomic mass is 16.5. The second-order valence-corrected chi connectivity index (χ2v) is 6.49. The molecule has 2 heterocycles. The SMILES string of the molecule is C#CCCN1CCN(c2c(C(=O)OCC)cnc3c(C)cccc23)CC1. The number of pyridine rings is 1. The summed E-state index contributed by atoms with van der Waals surface area (Å²) in [5.74, 6) is 2.39. The maximum Gasteiger partial charge on any atom is 0.341 e. The predicted octanol–water partition coefficient (Wildman–Crippen LogP) is 2.87. The van der Waals surface area contributed by atoms with E-state index in [4.69, 9.17) is 11.2 Å². The molecule has 1 aromatic carbocycles. The third-order valence-corrected chi connectivity index (χ3v) is 4.83. The Labute approximate surface area is 155 Å². The van der Waals surface area contributed by atoms with Crippen molar-refractivity contribution in [3.8, 4) is 12.3 Å². The number of nitrogens with zero attached hydrogens (tertiary/aromatic N) is 3. The van der Waals surface area contributed by atoms with Gasteiger partial charge >= 0.3 is 5.97 Å². The first-order valence-corrected chi connectivity index (χ1v) is 9.12. The van der Waals surface area contributed by atoms with E-state index in [0.29, 0.717) is 12.2 Å². The standard InChI is InChI=1S/C21H25N3O2/c1-4-6-10-23-11-13-24(14-12-23)20-17-9-7-8-16(3)19(17)22-15-18(20)21(25)26-5-2/h1,7-9,15H,5-6,10-14H2,2-3H3. The number of rotatable bonds is 5. The van der Waals surface area contributed by atoms with Gasteiger partial charge in [-0.05, 0) is 19.4 Å². The number of aryl methyl sites for hydroxylation is 1. The fourth-order valence-corrected chi connectivity index (χ4v) is 3.47. The molecule has 136 valence electrons. The zero-order valence-corrected chi connectivity index (χ0v) is 15.5. The summed E-state index contributed by atoms with van der Waals surface area (Å²) in [6.45, 7) is 8.70. The van der Waals surface area contributed by atoms with Gasteiger partial charge in [-0.1, -0.05) is 18.2 Å². The van der Waals surface area contributed by atoms with Crippen molar-refractivity contribution in [1.82, 2.24) is 9.88 Å². The van der Waals surface area contributed by atoms with Gasteiger partial charge in [-0.3, -0.25) is 9.88 Å². The summed E-state index contributed by atoms with van der Waals surface area (Å²) in [7, 11) is 0. The lowest BCUT2D eigenvalue weighted by Gasteiger charge is -2.37. The molecule has 1 fully saturated rings. The summed E-state index contributed by atoms with van der Waals surface area (Å²) in [5, 5.41) is 1.01. The molecule has 3 rings (SSSR count). The number of terminal acetylenes is 1. The zero-order valence-electron chi connectivity index (χ0n) is 15.5. The monoisotopic (exact) mass is 351 g/mol. The number of piperazine rings is 1. The molecule has 1 aliphatic heterocycles. The third-order valence-electron chi connectivity index (χ3n) is 4.83. The molecule has 0 bridgehead atoms. The van der Waals surface area contributed by atoms with Crippen LogP contribution in [0.2, 0.25) is 0 Å². The molecule has 1 aromatic heterocycles. The van der Waals surface area contributed by atoms with Crippen LogP contribution in [0.3, 0.4) is 0 Å². The summed E-state index contributed by atoms with van der Waals surface area (Å²) in [6, 6.07) is 6.10. The van der Waals surface area contributed by atoms with Crippen LogP contribution in [-0.4, -0.2) is 55.2 Å². The van der Waals surface area contributed by atoms with E-state index in [9.17, 15) is 4.79 Å². The Kier molecular flexibility index (Phi) is 5.75. The van der Waals surface area contributed by atoms with E-state index in [0.717, 1.165) is 61.3 Å². The minimum absolute atomic E-state index is 0.312. The Morgan fingerprint density at radius 3 is 2.77 bits per heavy atom. The van der Waals surface area contributed by atoms with Crippen LogP contribution in [0.4, 0.5) is 5.69 Å². The van der Waals surface area contributed by atoms with Gasteiger partial charge in [-0.15, -0.1) is 12.3 Å². The molecule has 5 heteroatoms. The van der Waals surface area contributed by atoms with E-state index in [1.807, 2.05) is 32.0 Å². The minimum atomic E-state index is -0.312. The number of hydrogen-bond donors (Lipinski definition) is 0. The molecular weight excluding hydrogens is 326 g/mol. The molecular formula is C21H25N3O2. The van der Waals surface area contributed by atoms with Gasteiger partial charge in [0.2, 0.25) is 0 Å². The largest absolute Gasteiger partial charge is 0.462 e. The first-order valence-electron chi connectivity index (χ1n) is 9.12. The van der Waals surface area contributed by atoms with Crippen LogP contribution in [0.5, 0.6) is 0 Å². The molecule has 0 atom stereocenters. The van der Waals surface area contributed by atoms with Crippen LogP contribution in [0.15, 0.2) is 24.4 Å². The Bertz CT molecular complexity index is 833. The van der Waals surface area contributed by atoms with Crippen molar-refractivity contribution < 1.29 is 9.53 Å². The number of carbonyl (C=O) groups is 1. The molecule has 0 aliphatic carbocycles. The van der Waals surface area contributed by atoms with E-state index in [1.165, 1.54) is 0 Å². The van der Waals surface area contributed by atoms with Crippen LogP contribution >= 0.6 is 0 Å². The first-order chi connectivity index (χ1) is 12.7. The highest BCUT2D eigenvalue weighted by Crippen LogP contribution is 2.32. The number of para-hydroxylation sites is 1. The molecule has 26 heavy (non-hydrogen) atoms. The number of fused-ring (bicyclic) bond motifs is 1. The molecule has 0 spiro atoms. The number of hydrogen-bond acceptors (Lipinski definition) is 5. The van der Waals surface area contributed by atoms with Crippen molar-refractivity contribution in [2.45, 2.75) is 20.3 Å². The average Bonchev–Trinajstić information content (AvgIpc) is 2.66.